The molecule has 0 atom stereocenters. The molecule has 0 aliphatic rings. The number of alkyl halides is 1. The minimum atomic E-state index is -0.801. The number of halogens is 1. The Hall–Kier alpha value is -2.66. The molecule has 0 fully saturated rings. The third kappa shape index (κ3) is 3.03. The molecule has 0 aliphatic heterocycles. The van der Waals surface area contributed by atoms with Crippen molar-refractivity contribution in [2.75, 3.05) is 6.54 Å². The normalized spacial score (nSPS) is 11.1. The van der Waals surface area contributed by atoms with Gasteiger partial charge in [-0.05, 0) is 30.2 Å². The molecule has 3 aromatic rings. The molecule has 5 heteroatoms. The molecule has 0 spiro atoms. The van der Waals surface area contributed by atoms with E-state index in [1.165, 1.54) is 12.1 Å². The topological polar surface area (TPSA) is 76.5 Å². The van der Waals surface area contributed by atoms with Crippen molar-refractivity contribution in [2.45, 2.75) is 19.5 Å². The molecule has 1 heterocycles. The van der Waals surface area contributed by atoms with Crippen LogP contribution in [0.1, 0.15) is 22.3 Å². The minimum Gasteiger partial charge on any atom is -0.507 e. The monoisotopic (exact) mass is 327 g/mol. The van der Waals surface area contributed by atoms with E-state index in [1.54, 1.807) is 0 Å². The van der Waals surface area contributed by atoms with Gasteiger partial charge in [-0.25, -0.2) is 9.18 Å². The number of benzene rings is 2. The Bertz CT molecular complexity index is 919. The Kier molecular flexibility index (Phi) is 4.62. The molecule has 0 aliphatic carbocycles. The lowest BCUT2D eigenvalue weighted by atomic mass is 9.96. The first kappa shape index (κ1) is 16.2. The molecular weight excluding hydrogens is 309 g/mol. The fraction of sp³-hybridized carbons (Fsp3) is 0.211. The molecule has 0 bridgehead atoms. The average molecular weight is 327 g/mol. The quantitative estimate of drug-likeness (QED) is 0.706. The van der Waals surface area contributed by atoms with Crippen LogP contribution in [0, 0.1) is 0 Å². The van der Waals surface area contributed by atoms with E-state index in [0.717, 1.165) is 5.56 Å². The number of hydrogen-bond donors (Lipinski definition) is 2. The summed E-state index contributed by atoms with van der Waals surface area (Å²) in [5.41, 5.74) is 7.63. The molecule has 0 saturated carbocycles. The van der Waals surface area contributed by atoms with E-state index in [-0.39, 0.29) is 11.3 Å². The first-order valence-corrected chi connectivity index (χ1v) is 7.74. The summed E-state index contributed by atoms with van der Waals surface area (Å²) in [4.78, 5) is 11.9. The first-order valence-electron chi connectivity index (χ1n) is 7.74. The zero-order valence-electron chi connectivity index (χ0n) is 13.1. The summed E-state index contributed by atoms with van der Waals surface area (Å²) in [7, 11) is 0. The van der Waals surface area contributed by atoms with Gasteiger partial charge in [0.1, 0.15) is 18.0 Å². The lowest BCUT2D eigenvalue weighted by Gasteiger charge is -2.13. The van der Waals surface area contributed by atoms with Crippen molar-refractivity contribution in [3.8, 4) is 5.75 Å². The molecule has 4 nitrogen and oxygen atoms in total. The number of phenols is 1. The zero-order valence-corrected chi connectivity index (χ0v) is 13.1. The van der Waals surface area contributed by atoms with Crippen LogP contribution >= 0.6 is 0 Å². The van der Waals surface area contributed by atoms with Crippen LogP contribution in [0.3, 0.4) is 0 Å². The highest BCUT2D eigenvalue weighted by molar-refractivity contribution is 5.86. The minimum absolute atomic E-state index is 0.165. The molecule has 3 rings (SSSR count). The molecule has 3 N–H and O–H groups in total. The van der Waals surface area contributed by atoms with Crippen LogP contribution in [-0.2, 0) is 19.5 Å². The fourth-order valence-corrected chi connectivity index (χ4v) is 2.91. The Morgan fingerprint density at radius 3 is 2.54 bits per heavy atom. The van der Waals surface area contributed by atoms with Crippen molar-refractivity contribution < 1.29 is 13.9 Å². The van der Waals surface area contributed by atoms with Crippen molar-refractivity contribution in [3.63, 3.8) is 0 Å². The van der Waals surface area contributed by atoms with Crippen molar-refractivity contribution in [1.82, 2.24) is 0 Å². The second-order valence-corrected chi connectivity index (χ2v) is 5.66. The highest BCUT2D eigenvalue weighted by Crippen LogP contribution is 2.34. The maximum absolute atomic E-state index is 13.4. The van der Waals surface area contributed by atoms with E-state index < -0.39 is 12.3 Å². The second-order valence-electron chi connectivity index (χ2n) is 5.66. The lowest BCUT2D eigenvalue weighted by molar-refractivity contribution is 0.428. The summed E-state index contributed by atoms with van der Waals surface area (Å²) in [6.45, 7) is -0.441. The fourth-order valence-electron chi connectivity index (χ4n) is 2.91. The number of fused-ring (bicyclic) bond motifs is 1. The van der Waals surface area contributed by atoms with E-state index in [9.17, 15) is 14.3 Å². The van der Waals surface area contributed by atoms with Crippen molar-refractivity contribution in [2.24, 2.45) is 5.73 Å². The maximum Gasteiger partial charge on any atom is 0.336 e. The van der Waals surface area contributed by atoms with Crippen LogP contribution in [0.15, 0.2) is 51.7 Å². The van der Waals surface area contributed by atoms with E-state index in [4.69, 9.17) is 10.2 Å². The molecule has 0 saturated heterocycles. The standard InChI is InChI=1S/C19H18FNO3/c20-11-14-9-15-13(6-7-21)10-17(22)24-19(15)16(18(14)23)8-12-4-2-1-3-5-12/h1-5,9-10,23H,6-8,11,21H2. The van der Waals surface area contributed by atoms with Crippen LogP contribution < -0.4 is 11.4 Å². The predicted molar refractivity (Wildman–Crippen MR) is 91.0 cm³/mol. The summed E-state index contributed by atoms with van der Waals surface area (Å²) in [6, 6.07) is 12.4. The largest absolute Gasteiger partial charge is 0.507 e. The van der Waals surface area contributed by atoms with Gasteiger partial charge in [-0.15, -0.1) is 0 Å². The molecule has 124 valence electrons. The van der Waals surface area contributed by atoms with E-state index in [1.807, 2.05) is 30.3 Å². The Balaban J connectivity index is 2.29. The van der Waals surface area contributed by atoms with Gasteiger partial charge in [0.25, 0.3) is 0 Å². The second kappa shape index (κ2) is 6.84. The van der Waals surface area contributed by atoms with Crippen molar-refractivity contribution >= 4 is 11.0 Å². The van der Waals surface area contributed by atoms with E-state index >= 15 is 0 Å². The van der Waals surface area contributed by atoms with Gasteiger partial charge in [-0.2, -0.15) is 0 Å². The van der Waals surface area contributed by atoms with Gasteiger partial charge in [0, 0.05) is 29.0 Å². The summed E-state index contributed by atoms with van der Waals surface area (Å²) in [5, 5.41) is 11.1. The SMILES string of the molecule is NCCc1cc(=O)oc2c(Cc3ccccc3)c(O)c(CF)cc12. The maximum atomic E-state index is 13.4. The number of hydrogen-bond acceptors (Lipinski definition) is 4. The van der Waals surface area contributed by atoms with Crippen LogP contribution in [0.4, 0.5) is 4.39 Å². The Morgan fingerprint density at radius 1 is 1.12 bits per heavy atom. The average Bonchev–Trinajstić information content (AvgIpc) is 2.58. The summed E-state index contributed by atoms with van der Waals surface area (Å²) < 4.78 is 18.7. The molecule has 24 heavy (non-hydrogen) atoms. The van der Waals surface area contributed by atoms with Crippen LogP contribution in [0.25, 0.3) is 11.0 Å². The number of aromatic hydroxyl groups is 1. The predicted octanol–water partition coefficient (Wildman–Crippen LogP) is 3.06. The highest BCUT2D eigenvalue weighted by atomic mass is 19.1. The highest BCUT2D eigenvalue weighted by Gasteiger charge is 2.18. The summed E-state index contributed by atoms with van der Waals surface area (Å²) in [6.07, 6.45) is 0.815. The zero-order chi connectivity index (χ0) is 17.1. The van der Waals surface area contributed by atoms with Gasteiger partial charge < -0.3 is 15.3 Å². The molecule has 0 amide bonds. The Morgan fingerprint density at radius 2 is 1.88 bits per heavy atom. The van der Waals surface area contributed by atoms with Gasteiger partial charge in [-0.1, -0.05) is 30.3 Å². The first-order chi connectivity index (χ1) is 11.6. The molecule has 2 aromatic carbocycles. The Labute approximate surface area is 138 Å². The summed E-state index contributed by atoms with van der Waals surface area (Å²) in [5.74, 6) is -0.165. The van der Waals surface area contributed by atoms with Gasteiger partial charge in [0.15, 0.2) is 0 Å². The lowest BCUT2D eigenvalue weighted by Crippen LogP contribution is -2.08. The van der Waals surface area contributed by atoms with Gasteiger partial charge in [0.05, 0.1) is 0 Å². The molecule has 0 unspecified atom stereocenters. The van der Waals surface area contributed by atoms with Crippen LogP contribution in [0.2, 0.25) is 0 Å². The van der Waals surface area contributed by atoms with Crippen LogP contribution in [0.5, 0.6) is 5.75 Å². The van der Waals surface area contributed by atoms with Crippen LogP contribution in [-0.4, -0.2) is 11.7 Å². The molecular formula is C19H18FNO3. The number of phenolic OH excluding ortho intramolecular Hbond substituents is 1. The summed E-state index contributed by atoms with van der Waals surface area (Å²) >= 11 is 0. The van der Waals surface area contributed by atoms with Crippen molar-refractivity contribution in [1.29, 1.82) is 0 Å². The van der Waals surface area contributed by atoms with Crippen molar-refractivity contribution in [3.05, 3.63) is 75.1 Å². The number of rotatable bonds is 5. The van der Waals surface area contributed by atoms with E-state index in [0.29, 0.717) is 41.5 Å². The smallest absolute Gasteiger partial charge is 0.336 e. The van der Waals surface area contributed by atoms with Gasteiger partial charge in [0.2, 0.25) is 0 Å². The molecule has 1 aromatic heterocycles. The number of nitrogens with two attached hydrogens (primary N) is 1. The molecule has 0 radical (unpaired) electrons. The van der Waals surface area contributed by atoms with E-state index in [2.05, 4.69) is 0 Å². The third-order valence-corrected chi connectivity index (χ3v) is 4.05. The van der Waals surface area contributed by atoms with Gasteiger partial charge in [-0.3, -0.25) is 0 Å². The van der Waals surface area contributed by atoms with Gasteiger partial charge >= 0.3 is 5.63 Å². The third-order valence-electron chi connectivity index (χ3n) is 4.05.